The maximum atomic E-state index is 12.7. The molecule has 1 unspecified atom stereocenters. The number of hydrogen-bond donors (Lipinski definition) is 2. The number of rotatable bonds is 9. The molecule has 0 aliphatic rings. The van der Waals surface area contributed by atoms with E-state index in [1.165, 1.54) is 18.4 Å². The lowest BCUT2D eigenvalue weighted by atomic mass is 9.98. The van der Waals surface area contributed by atoms with E-state index in [4.69, 9.17) is 5.41 Å². The topological polar surface area (TPSA) is 107 Å². The van der Waals surface area contributed by atoms with Gasteiger partial charge in [-0.25, -0.2) is 12.6 Å². The van der Waals surface area contributed by atoms with Gasteiger partial charge in [-0.2, -0.15) is 0 Å². The van der Waals surface area contributed by atoms with Crippen LogP contribution < -0.4 is 4.72 Å². The molecule has 0 saturated carbocycles. The van der Waals surface area contributed by atoms with Crippen LogP contribution in [0.5, 0.6) is 0 Å². The summed E-state index contributed by atoms with van der Waals surface area (Å²) < 4.78 is 38.7. The highest BCUT2D eigenvalue weighted by atomic mass is 32.2. The minimum absolute atomic E-state index is 0.0252. The Labute approximate surface area is 231 Å². The first-order valence-electron chi connectivity index (χ1n) is 12.5. The quantitative estimate of drug-likeness (QED) is 0.225. The monoisotopic (exact) mass is 561 g/mol. The van der Waals surface area contributed by atoms with Crippen LogP contribution in [-0.2, 0) is 32.2 Å². The van der Waals surface area contributed by atoms with Crippen LogP contribution in [0.4, 0.5) is 0 Å². The first kappa shape index (κ1) is 28.2. The average Bonchev–Trinajstić information content (AvgIpc) is 2.91. The maximum Gasteiger partial charge on any atom is 0.247 e. The van der Waals surface area contributed by atoms with Crippen molar-refractivity contribution in [2.24, 2.45) is 0 Å². The third kappa shape index (κ3) is 6.61. The molecule has 0 heterocycles. The molecule has 2 N–H and O–H groups in total. The molecule has 0 spiro atoms. The molecule has 4 aromatic carbocycles. The largest absolute Gasteiger partial charge is 0.353 e. The number of amidine groups is 1. The second-order valence-electron chi connectivity index (χ2n) is 9.30. The van der Waals surface area contributed by atoms with Gasteiger partial charge in [0.25, 0.3) is 0 Å². The predicted octanol–water partition coefficient (Wildman–Crippen LogP) is 4.85. The molecule has 39 heavy (non-hydrogen) atoms. The van der Waals surface area contributed by atoms with Crippen LogP contribution in [0.25, 0.3) is 21.9 Å². The highest BCUT2D eigenvalue weighted by Gasteiger charge is 2.21. The van der Waals surface area contributed by atoms with Crippen molar-refractivity contribution in [2.45, 2.75) is 25.3 Å². The second kappa shape index (κ2) is 11.9. The Morgan fingerprint density at radius 1 is 0.949 bits per heavy atom. The lowest BCUT2D eigenvalue weighted by molar-refractivity contribution is -0.116. The third-order valence-electron chi connectivity index (χ3n) is 6.50. The minimum atomic E-state index is -3.90. The van der Waals surface area contributed by atoms with Crippen LogP contribution in [0.2, 0.25) is 0 Å². The Kier molecular flexibility index (Phi) is 8.62. The van der Waals surface area contributed by atoms with Gasteiger partial charge in [-0.1, -0.05) is 72.8 Å². The molecule has 0 aliphatic heterocycles. The lowest BCUT2D eigenvalue weighted by Gasteiger charge is -2.26. The number of benzene rings is 4. The molecule has 4 aromatic rings. The lowest BCUT2D eigenvalue weighted by Crippen LogP contribution is -2.31. The van der Waals surface area contributed by atoms with E-state index in [2.05, 4.69) is 29.0 Å². The number of amides is 1. The Balaban J connectivity index is 1.53. The normalized spacial score (nSPS) is 12.2. The smallest absolute Gasteiger partial charge is 0.247 e. The van der Waals surface area contributed by atoms with Gasteiger partial charge in [0.2, 0.25) is 5.91 Å². The van der Waals surface area contributed by atoms with Crippen LogP contribution >= 0.6 is 0 Å². The van der Waals surface area contributed by atoms with Crippen molar-refractivity contribution < 1.29 is 17.4 Å². The molecule has 1 atom stereocenters. The van der Waals surface area contributed by atoms with Crippen molar-refractivity contribution >= 4 is 43.3 Å². The van der Waals surface area contributed by atoms with Crippen molar-refractivity contribution in [3.05, 3.63) is 102 Å². The zero-order chi connectivity index (χ0) is 28.2. The standard InChI is InChI=1S/C30H31N3O4S2/c1-4-33(30(31)29-21(2)12-15-24-8-5-6-11-27(24)29)19-22-13-16-23(17-14-22)25-9-7-10-26(18-25)39(36,37)20-28(34)32-38(3)35/h5-18,31H,4,19-20H2,1-3H3,(H,32,34). The first-order valence-corrected chi connectivity index (χ1v) is 15.7. The van der Waals surface area contributed by atoms with E-state index < -0.39 is 32.5 Å². The van der Waals surface area contributed by atoms with E-state index in [1.807, 2.05) is 61.2 Å². The Morgan fingerprint density at radius 2 is 1.67 bits per heavy atom. The van der Waals surface area contributed by atoms with Crippen molar-refractivity contribution in [3.63, 3.8) is 0 Å². The van der Waals surface area contributed by atoms with Gasteiger partial charge < -0.3 is 4.90 Å². The Morgan fingerprint density at radius 3 is 2.36 bits per heavy atom. The number of nitrogens with one attached hydrogen (secondary N) is 2. The van der Waals surface area contributed by atoms with Crippen LogP contribution in [-0.4, -0.2) is 47.8 Å². The molecule has 0 saturated heterocycles. The number of aryl methyl sites for hydroxylation is 1. The Bertz CT molecular complexity index is 1670. The average molecular weight is 562 g/mol. The number of fused-ring (bicyclic) bond motifs is 1. The van der Waals surface area contributed by atoms with Crippen molar-refractivity contribution in [2.75, 3.05) is 18.6 Å². The number of sulfone groups is 1. The first-order chi connectivity index (χ1) is 18.6. The highest BCUT2D eigenvalue weighted by molar-refractivity contribution is 7.92. The van der Waals surface area contributed by atoms with Crippen LogP contribution in [0.3, 0.4) is 0 Å². The molecule has 0 aliphatic carbocycles. The van der Waals surface area contributed by atoms with Crippen LogP contribution in [0.15, 0.2) is 89.8 Å². The fourth-order valence-corrected chi connectivity index (χ4v) is 6.20. The maximum absolute atomic E-state index is 12.7. The van der Waals surface area contributed by atoms with Crippen molar-refractivity contribution in [3.8, 4) is 11.1 Å². The zero-order valence-electron chi connectivity index (χ0n) is 22.1. The Hall–Kier alpha value is -3.82. The van der Waals surface area contributed by atoms with Gasteiger partial charge in [-0.05, 0) is 59.0 Å². The van der Waals surface area contributed by atoms with E-state index in [9.17, 15) is 17.4 Å². The van der Waals surface area contributed by atoms with Gasteiger partial charge in [0.1, 0.15) is 22.6 Å². The molecule has 202 valence electrons. The SMILES string of the molecule is CCN(Cc1ccc(-c2cccc(S(=O)(=O)CC(=O)NS(C)=O)c2)cc1)C(=N)c1c(C)ccc2ccccc12. The molecule has 0 fully saturated rings. The predicted molar refractivity (Wildman–Crippen MR) is 158 cm³/mol. The van der Waals surface area contributed by atoms with Gasteiger partial charge in [0, 0.05) is 24.9 Å². The molecule has 7 nitrogen and oxygen atoms in total. The van der Waals surface area contributed by atoms with E-state index in [1.54, 1.807) is 6.07 Å². The van der Waals surface area contributed by atoms with Gasteiger partial charge in [-0.3, -0.25) is 14.9 Å². The van der Waals surface area contributed by atoms with E-state index >= 15 is 0 Å². The fraction of sp³-hybridized carbons (Fsp3) is 0.200. The molecular weight excluding hydrogens is 530 g/mol. The summed E-state index contributed by atoms with van der Waals surface area (Å²) in [5, 5.41) is 11.2. The molecule has 0 radical (unpaired) electrons. The molecule has 0 bridgehead atoms. The molecule has 9 heteroatoms. The molecule has 0 aromatic heterocycles. The van der Waals surface area contributed by atoms with Crippen molar-refractivity contribution in [1.82, 2.24) is 9.62 Å². The van der Waals surface area contributed by atoms with Crippen molar-refractivity contribution in [1.29, 1.82) is 5.41 Å². The van der Waals surface area contributed by atoms with E-state index in [0.717, 1.165) is 33.0 Å². The summed E-state index contributed by atoms with van der Waals surface area (Å²) in [5.41, 5.74) is 4.55. The third-order valence-corrected chi connectivity index (χ3v) is 8.63. The molecular formula is C30H31N3O4S2. The van der Waals surface area contributed by atoms with E-state index in [0.29, 0.717) is 24.5 Å². The summed E-state index contributed by atoms with van der Waals surface area (Å²) in [7, 11) is -5.53. The fourth-order valence-electron chi connectivity index (χ4n) is 4.54. The zero-order valence-corrected chi connectivity index (χ0v) is 23.7. The molecule has 1 amide bonds. The summed E-state index contributed by atoms with van der Waals surface area (Å²) in [6, 6.07) is 26.5. The van der Waals surface area contributed by atoms with Gasteiger partial charge in [0.05, 0.1) is 4.90 Å². The number of carbonyl (C=O) groups excluding carboxylic acids is 1. The number of nitrogens with zero attached hydrogens (tertiary/aromatic N) is 1. The summed E-state index contributed by atoms with van der Waals surface area (Å²) in [6.45, 7) is 5.29. The van der Waals surface area contributed by atoms with Crippen LogP contribution in [0, 0.1) is 12.3 Å². The summed E-state index contributed by atoms with van der Waals surface area (Å²) in [5.74, 6) is -1.11. The minimum Gasteiger partial charge on any atom is -0.353 e. The number of hydrogen-bond acceptors (Lipinski definition) is 5. The van der Waals surface area contributed by atoms with E-state index in [-0.39, 0.29) is 4.90 Å². The van der Waals surface area contributed by atoms with Gasteiger partial charge in [0.15, 0.2) is 9.84 Å². The highest BCUT2D eigenvalue weighted by Crippen LogP contribution is 2.26. The number of carbonyl (C=O) groups is 1. The summed E-state index contributed by atoms with van der Waals surface area (Å²) in [6.07, 6.45) is 1.27. The summed E-state index contributed by atoms with van der Waals surface area (Å²) >= 11 is 0. The molecule has 4 rings (SSSR count). The van der Waals surface area contributed by atoms with Crippen LogP contribution in [0.1, 0.15) is 23.6 Å². The second-order valence-corrected chi connectivity index (χ2v) is 12.4. The van der Waals surface area contributed by atoms with Gasteiger partial charge in [-0.15, -0.1) is 0 Å². The van der Waals surface area contributed by atoms with Gasteiger partial charge >= 0.3 is 0 Å². The summed E-state index contributed by atoms with van der Waals surface area (Å²) in [4.78, 5) is 13.9.